The highest BCUT2D eigenvalue weighted by Crippen LogP contribution is 2.38. The number of carbonyl (C=O) groups excluding carboxylic acids is 1. The molecule has 2 aliphatic carbocycles. The Balaban J connectivity index is 1.40. The number of aryl methyl sites for hydroxylation is 1. The molecule has 5 rings (SSSR count). The minimum atomic E-state index is -1.01. The van der Waals surface area contributed by atoms with Crippen molar-refractivity contribution in [2.24, 2.45) is 5.92 Å². The van der Waals surface area contributed by atoms with Crippen LogP contribution in [0.25, 0.3) is 22.3 Å². The summed E-state index contributed by atoms with van der Waals surface area (Å²) in [5.41, 5.74) is 3.90. The van der Waals surface area contributed by atoms with Crippen molar-refractivity contribution in [1.29, 1.82) is 0 Å². The van der Waals surface area contributed by atoms with Crippen LogP contribution in [0.5, 0.6) is 11.5 Å². The second kappa shape index (κ2) is 10.0. The summed E-state index contributed by atoms with van der Waals surface area (Å²) < 4.78 is 11.6. The lowest BCUT2D eigenvalue weighted by molar-refractivity contribution is 0.0924. The van der Waals surface area contributed by atoms with Gasteiger partial charge in [0.2, 0.25) is 0 Å². The Morgan fingerprint density at radius 2 is 1.81 bits per heavy atom. The van der Waals surface area contributed by atoms with Crippen LogP contribution in [0.2, 0.25) is 0 Å². The summed E-state index contributed by atoms with van der Waals surface area (Å²) in [6.07, 6.45) is 5.64. The van der Waals surface area contributed by atoms with Crippen LogP contribution in [0.15, 0.2) is 24.5 Å². The highest BCUT2D eigenvalue weighted by Gasteiger charge is 2.27. The van der Waals surface area contributed by atoms with Gasteiger partial charge in [0.15, 0.2) is 0 Å². The number of carboxylic acid groups (broad SMARTS) is 1. The number of carbonyl (C=O) groups is 2. The van der Waals surface area contributed by atoms with Gasteiger partial charge in [-0.2, -0.15) is 0 Å². The van der Waals surface area contributed by atoms with Crippen LogP contribution < -0.4 is 20.1 Å². The maximum Gasteiger partial charge on any atom is 0.404 e. The standard InChI is InChI=1S/C26H31N5O5/c1-14-21(25(32)30-16-5-7-17(8-6-16)31-26(33)34)23-24(29-14)22(27-13-28-23)19-10-9-18(35-2)11-20(19)36-12-15-3-4-15/h9-11,13,15-17,29,31H,3-8,12H2,1-2H3,(H,30,32)(H,33,34)/t16-,17-. The summed E-state index contributed by atoms with van der Waals surface area (Å²) in [6, 6.07) is 5.57. The number of benzene rings is 1. The third-order valence-corrected chi connectivity index (χ3v) is 7.00. The molecule has 190 valence electrons. The Labute approximate surface area is 208 Å². The predicted octanol–water partition coefficient (Wildman–Crippen LogP) is 4.04. The molecule has 2 aliphatic rings. The van der Waals surface area contributed by atoms with E-state index < -0.39 is 6.09 Å². The smallest absolute Gasteiger partial charge is 0.404 e. The molecule has 1 aromatic carbocycles. The number of methoxy groups -OCH3 is 1. The normalized spacial score (nSPS) is 19.6. The third-order valence-electron chi connectivity index (χ3n) is 7.00. The van der Waals surface area contributed by atoms with Crippen LogP contribution in [-0.4, -0.2) is 57.9 Å². The van der Waals surface area contributed by atoms with Gasteiger partial charge in [-0.05, 0) is 63.5 Å². The van der Waals surface area contributed by atoms with E-state index in [0.29, 0.717) is 77.7 Å². The average Bonchev–Trinajstić information content (AvgIpc) is 3.63. The van der Waals surface area contributed by atoms with Gasteiger partial charge in [-0.3, -0.25) is 4.79 Å². The summed E-state index contributed by atoms with van der Waals surface area (Å²) in [5.74, 6) is 1.78. The molecule has 2 heterocycles. The molecule has 0 bridgehead atoms. The minimum Gasteiger partial charge on any atom is -0.497 e. The van der Waals surface area contributed by atoms with Crippen LogP contribution in [0.4, 0.5) is 4.79 Å². The van der Waals surface area contributed by atoms with Crippen LogP contribution in [-0.2, 0) is 0 Å². The molecule has 2 fully saturated rings. The van der Waals surface area contributed by atoms with Crippen molar-refractivity contribution in [1.82, 2.24) is 25.6 Å². The first kappa shape index (κ1) is 23.9. The third kappa shape index (κ3) is 5.07. The molecule has 4 N–H and O–H groups in total. The first-order chi connectivity index (χ1) is 17.4. The Kier molecular flexibility index (Phi) is 6.67. The van der Waals surface area contributed by atoms with Gasteiger partial charge in [0.05, 0.1) is 24.8 Å². The Bertz CT molecular complexity index is 1280. The van der Waals surface area contributed by atoms with Gasteiger partial charge in [-0.1, -0.05) is 0 Å². The zero-order valence-electron chi connectivity index (χ0n) is 20.5. The molecule has 2 saturated carbocycles. The molecule has 0 atom stereocenters. The van der Waals surface area contributed by atoms with Gasteiger partial charge in [0, 0.05) is 29.4 Å². The zero-order chi connectivity index (χ0) is 25.2. The van der Waals surface area contributed by atoms with Crippen LogP contribution in [0.3, 0.4) is 0 Å². The van der Waals surface area contributed by atoms with E-state index in [1.165, 1.54) is 19.2 Å². The maximum absolute atomic E-state index is 13.3. The Hall–Kier alpha value is -3.82. The number of hydrogen-bond donors (Lipinski definition) is 4. The monoisotopic (exact) mass is 493 g/mol. The number of rotatable bonds is 8. The fourth-order valence-corrected chi connectivity index (χ4v) is 4.85. The van der Waals surface area contributed by atoms with E-state index in [-0.39, 0.29) is 18.0 Å². The van der Waals surface area contributed by atoms with E-state index in [1.54, 1.807) is 7.11 Å². The van der Waals surface area contributed by atoms with E-state index >= 15 is 0 Å². The van der Waals surface area contributed by atoms with Crippen LogP contribution in [0.1, 0.15) is 54.6 Å². The van der Waals surface area contributed by atoms with Crippen molar-refractivity contribution in [2.75, 3.05) is 13.7 Å². The molecule has 0 radical (unpaired) electrons. The lowest BCUT2D eigenvalue weighted by Crippen LogP contribution is -2.43. The topological polar surface area (TPSA) is 138 Å². The molecule has 2 aromatic heterocycles. The summed E-state index contributed by atoms with van der Waals surface area (Å²) in [6.45, 7) is 2.50. The molecule has 10 heteroatoms. The molecule has 0 aliphatic heterocycles. The van der Waals surface area contributed by atoms with Gasteiger partial charge >= 0.3 is 6.09 Å². The highest BCUT2D eigenvalue weighted by molar-refractivity contribution is 6.09. The molecule has 0 unspecified atom stereocenters. The quantitative estimate of drug-likeness (QED) is 0.371. The number of amides is 2. The number of nitrogens with one attached hydrogen (secondary N) is 3. The second-order valence-corrected chi connectivity index (χ2v) is 9.66. The number of aromatic amines is 1. The number of ether oxygens (including phenoxy) is 2. The molecular formula is C26H31N5O5. The summed E-state index contributed by atoms with van der Waals surface area (Å²) >= 11 is 0. The van der Waals surface area contributed by atoms with Crippen molar-refractivity contribution < 1.29 is 24.2 Å². The number of fused-ring (bicyclic) bond motifs is 1. The van der Waals surface area contributed by atoms with Gasteiger partial charge in [0.25, 0.3) is 5.91 Å². The van der Waals surface area contributed by atoms with Gasteiger partial charge in [-0.25, -0.2) is 14.8 Å². The summed E-state index contributed by atoms with van der Waals surface area (Å²) in [7, 11) is 1.62. The van der Waals surface area contributed by atoms with Gasteiger partial charge in [0.1, 0.15) is 29.0 Å². The second-order valence-electron chi connectivity index (χ2n) is 9.66. The summed E-state index contributed by atoms with van der Waals surface area (Å²) in [4.78, 5) is 36.5. The van der Waals surface area contributed by atoms with Crippen molar-refractivity contribution in [3.05, 3.63) is 35.8 Å². The molecular weight excluding hydrogens is 462 g/mol. The van der Waals surface area contributed by atoms with Crippen molar-refractivity contribution in [2.45, 2.75) is 57.5 Å². The molecule has 2 amide bonds. The minimum absolute atomic E-state index is 0.0148. The highest BCUT2D eigenvalue weighted by atomic mass is 16.5. The number of nitrogens with zero attached hydrogens (tertiary/aromatic N) is 2. The van der Waals surface area contributed by atoms with E-state index in [1.807, 2.05) is 25.1 Å². The lowest BCUT2D eigenvalue weighted by Gasteiger charge is -2.28. The van der Waals surface area contributed by atoms with Gasteiger partial charge < -0.3 is 30.2 Å². The summed E-state index contributed by atoms with van der Waals surface area (Å²) in [5, 5.41) is 14.6. The fraction of sp³-hybridized carbons (Fsp3) is 0.462. The SMILES string of the molecule is COc1ccc(-c2ncnc3c(C(=O)N[C@H]4CC[C@H](NC(=O)O)CC4)c(C)[nH]c23)c(OCC2CC2)c1. The number of aromatic nitrogens is 3. The fourth-order valence-electron chi connectivity index (χ4n) is 4.85. The predicted molar refractivity (Wildman–Crippen MR) is 134 cm³/mol. The molecule has 3 aromatic rings. The van der Waals surface area contributed by atoms with E-state index in [9.17, 15) is 9.59 Å². The Morgan fingerprint density at radius 1 is 1.08 bits per heavy atom. The van der Waals surface area contributed by atoms with Crippen molar-refractivity contribution in [3.8, 4) is 22.8 Å². The first-order valence-electron chi connectivity index (χ1n) is 12.4. The zero-order valence-corrected chi connectivity index (χ0v) is 20.5. The first-order valence-corrected chi connectivity index (χ1v) is 12.4. The van der Waals surface area contributed by atoms with Gasteiger partial charge in [-0.15, -0.1) is 0 Å². The van der Waals surface area contributed by atoms with Crippen LogP contribution >= 0.6 is 0 Å². The lowest BCUT2D eigenvalue weighted by atomic mass is 9.91. The average molecular weight is 494 g/mol. The van der Waals surface area contributed by atoms with E-state index in [0.717, 1.165) is 5.56 Å². The van der Waals surface area contributed by atoms with Crippen molar-refractivity contribution >= 4 is 23.0 Å². The molecule has 36 heavy (non-hydrogen) atoms. The molecule has 10 nitrogen and oxygen atoms in total. The van der Waals surface area contributed by atoms with Crippen molar-refractivity contribution in [3.63, 3.8) is 0 Å². The maximum atomic E-state index is 13.3. The number of hydrogen-bond acceptors (Lipinski definition) is 6. The number of H-pyrrole nitrogens is 1. The van der Waals surface area contributed by atoms with E-state index in [4.69, 9.17) is 14.6 Å². The van der Waals surface area contributed by atoms with Crippen LogP contribution in [0, 0.1) is 12.8 Å². The Morgan fingerprint density at radius 3 is 2.47 bits per heavy atom. The van der Waals surface area contributed by atoms with E-state index in [2.05, 4.69) is 25.6 Å². The molecule has 0 spiro atoms. The largest absolute Gasteiger partial charge is 0.497 e. The molecule has 0 saturated heterocycles.